The van der Waals surface area contributed by atoms with Crippen molar-refractivity contribution in [1.82, 2.24) is 5.32 Å². The van der Waals surface area contributed by atoms with Gasteiger partial charge in [0.25, 0.3) is 0 Å². The van der Waals surface area contributed by atoms with E-state index in [1.54, 1.807) is 0 Å². The first-order chi connectivity index (χ1) is 7.47. The van der Waals surface area contributed by atoms with Crippen LogP contribution in [0, 0.1) is 0 Å². The molecule has 92 valence electrons. The van der Waals surface area contributed by atoms with E-state index in [-0.39, 0.29) is 18.7 Å². The Balaban J connectivity index is 4.03. The first-order valence-corrected chi connectivity index (χ1v) is 5.27. The Morgan fingerprint density at radius 3 is 2.38 bits per heavy atom. The number of carbonyl (C=O) groups excluding carboxylic acids is 2. The fourth-order valence-electron chi connectivity index (χ4n) is 1.20. The molecule has 0 spiro atoms. The number of rotatable bonds is 8. The summed E-state index contributed by atoms with van der Waals surface area (Å²) < 4.78 is 0. The molecule has 0 heterocycles. The highest BCUT2D eigenvalue weighted by molar-refractivity contribution is 5.88. The Hall–Kier alpha value is -1.59. The molecule has 0 unspecified atom stereocenters. The summed E-state index contributed by atoms with van der Waals surface area (Å²) in [5.41, 5.74) is 4.87. The van der Waals surface area contributed by atoms with Gasteiger partial charge in [-0.3, -0.25) is 9.59 Å². The fourth-order valence-corrected chi connectivity index (χ4v) is 1.20. The van der Waals surface area contributed by atoms with Crippen molar-refractivity contribution in [1.29, 1.82) is 0 Å². The number of nitrogens with one attached hydrogen (secondary N) is 1. The van der Waals surface area contributed by atoms with Crippen LogP contribution in [0.1, 0.15) is 39.0 Å². The van der Waals surface area contributed by atoms with Gasteiger partial charge in [-0.15, -0.1) is 0 Å². The molecule has 0 saturated carbocycles. The lowest BCUT2D eigenvalue weighted by molar-refractivity contribution is -0.143. The molecule has 0 rings (SSSR count). The van der Waals surface area contributed by atoms with E-state index in [9.17, 15) is 14.4 Å². The zero-order valence-electron chi connectivity index (χ0n) is 9.36. The van der Waals surface area contributed by atoms with E-state index in [2.05, 4.69) is 5.32 Å². The average molecular weight is 230 g/mol. The molecule has 0 aliphatic carbocycles. The monoisotopic (exact) mass is 230 g/mol. The van der Waals surface area contributed by atoms with Crippen LogP contribution in [0.2, 0.25) is 0 Å². The van der Waals surface area contributed by atoms with Crippen molar-refractivity contribution in [3.05, 3.63) is 0 Å². The van der Waals surface area contributed by atoms with Crippen molar-refractivity contribution in [3.63, 3.8) is 0 Å². The van der Waals surface area contributed by atoms with Gasteiger partial charge < -0.3 is 16.2 Å². The van der Waals surface area contributed by atoms with Gasteiger partial charge in [0.2, 0.25) is 11.8 Å². The third-order valence-electron chi connectivity index (χ3n) is 2.05. The van der Waals surface area contributed by atoms with Crippen LogP contribution >= 0.6 is 0 Å². The Bertz CT molecular complexity index is 266. The molecule has 0 bridgehead atoms. The van der Waals surface area contributed by atoms with Crippen LogP contribution in [0.25, 0.3) is 0 Å². The molecule has 0 aromatic carbocycles. The molecule has 0 radical (unpaired) electrons. The summed E-state index contributed by atoms with van der Waals surface area (Å²) in [6.45, 7) is 2.01. The first-order valence-electron chi connectivity index (χ1n) is 5.27. The van der Waals surface area contributed by atoms with Crippen LogP contribution in [-0.4, -0.2) is 28.9 Å². The van der Waals surface area contributed by atoms with Crippen LogP contribution in [0.4, 0.5) is 0 Å². The van der Waals surface area contributed by atoms with E-state index in [4.69, 9.17) is 10.8 Å². The predicted molar refractivity (Wildman–Crippen MR) is 57.5 cm³/mol. The minimum Gasteiger partial charge on any atom is -0.480 e. The molecule has 0 saturated heterocycles. The summed E-state index contributed by atoms with van der Waals surface area (Å²) in [6, 6.07) is -1.22. The summed E-state index contributed by atoms with van der Waals surface area (Å²) in [5.74, 6) is -2.36. The maximum Gasteiger partial charge on any atom is 0.326 e. The number of amides is 2. The smallest absolute Gasteiger partial charge is 0.326 e. The van der Waals surface area contributed by atoms with Gasteiger partial charge in [0.05, 0.1) is 6.42 Å². The Kier molecular flexibility index (Phi) is 6.91. The number of primary amides is 1. The van der Waals surface area contributed by atoms with Gasteiger partial charge in [-0.1, -0.05) is 19.8 Å². The number of aliphatic carboxylic acids is 1. The second-order valence-electron chi connectivity index (χ2n) is 3.59. The lowest BCUT2D eigenvalue weighted by Gasteiger charge is -2.12. The third-order valence-corrected chi connectivity index (χ3v) is 2.05. The first kappa shape index (κ1) is 14.4. The maximum atomic E-state index is 11.3. The molecule has 4 N–H and O–H groups in total. The summed E-state index contributed by atoms with van der Waals surface area (Å²) in [5, 5.41) is 11.0. The van der Waals surface area contributed by atoms with Crippen molar-refractivity contribution >= 4 is 17.8 Å². The van der Waals surface area contributed by atoms with Gasteiger partial charge >= 0.3 is 5.97 Å². The van der Waals surface area contributed by atoms with Crippen LogP contribution in [0.15, 0.2) is 0 Å². The quantitative estimate of drug-likeness (QED) is 0.510. The Labute approximate surface area is 94.2 Å². The number of unbranched alkanes of at least 4 members (excludes halogenated alkanes) is 2. The average Bonchev–Trinajstić information content (AvgIpc) is 2.16. The minimum absolute atomic E-state index is 0.274. The molecule has 0 aliphatic heterocycles. The normalized spacial score (nSPS) is 11.8. The molecule has 0 fully saturated rings. The lowest BCUT2D eigenvalue weighted by atomic mass is 10.1. The van der Waals surface area contributed by atoms with Crippen molar-refractivity contribution in [2.24, 2.45) is 5.73 Å². The third kappa shape index (κ3) is 6.80. The highest BCUT2D eigenvalue weighted by atomic mass is 16.4. The molecule has 0 aliphatic rings. The molecule has 6 heteroatoms. The molecule has 0 aromatic rings. The zero-order valence-corrected chi connectivity index (χ0v) is 9.36. The largest absolute Gasteiger partial charge is 0.480 e. The SMILES string of the molecule is CCCCCC(=O)N[C@@H](CC(N)=O)C(=O)O. The second-order valence-corrected chi connectivity index (χ2v) is 3.59. The molecular formula is C10H18N2O4. The van der Waals surface area contributed by atoms with E-state index in [0.717, 1.165) is 12.8 Å². The van der Waals surface area contributed by atoms with Crippen molar-refractivity contribution < 1.29 is 19.5 Å². The number of carboxylic acid groups (broad SMARTS) is 1. The van der Waals surface area contributed by atoms with E-state index >= 15 is 0 Å². The topological polar surface area (TPSA) is 109 Å². The number of hydrogen-bond acceptors (Lipinski definition) is 3. The van der Waals surface area contributed by atoms with Crippen molar-refractivity contribution in [3.8, 4) is 0 Å². The van der Waals surface area contributed by atoms with E-state index in [1.807, 2.05) is 6.92 Å². The zero-order chi connectivity index (χ0) is 12.6. The van der Waals surface area contributed by atoms with Crippen LogP contribution in [-0.2, 0) is 14.4 Å². The maximum absolute atomic E-state index is 11.3. The summed E-state index contributed by atoms with van der Waals surface area (Å²) in [7, 11) is 0. The Morgan fingerprint density at radius 2 is 1.94 bits per heavy atom. The lowest BCUT2D eigenvalue weighted by Crippen LogP contribution is -2.43. The van der Waals surface area contributed by atoms with Gasteiger partial charge in [-0.25, -0.2) is 4.79 Å². The van der Waals surface area contributed by atoms with Gasteiger partial charge in [0.1, 0.15) is 6.04 Å². The summed E-state index contributed by atoms with van der Waals surface area (Å²) in [6.07, 6.45) is 2.51. The van der Waals surface area contributed by atoms with Gasteiger partial charge in [0.15, 0.2) is 0 Å². The van der Waals surface area contributed by atoms with E-state index in [0.29, 0.717) is 6.42 Å². The van der Waals surface area contributed by atoms with Gasteiger partial charge in [0, 0.05) is 6.42 Å². The second kappa shape index (κ2) is 7.67. The van der Waals surface area contributed by atoms with Crippen LogP contribution in [0.3, 0.4) is 0 Å². The van der Waals surface area contributed by atoms with E-state index in [1.165, 1.54) is 0 Å². The Morgan fingerprint density at radius 1 is 1.31 bits per heavy atom. The number of nitrogens with two attached hydrogens (primary N) is 1. The van der Waals surface area contributed by atoms with Crippen molar-refractivity contribution in [2.45, 2.75) is 45.1 Å². The molecule has 1 atom stereocenters. The van der Waals surface area contributed by atoms with Gasteiger partial charge in [-0.2, -0.15) is 0 Å². The van der Waals surface area contributed by atoms with Crippen LogP contribution < -0.4 is 11.1 Å². The molecular weight excluding hydrogens is 212 g/mol. The summed E-state index contributed by atoms with van der Waals surface area (Å²) >= 11 is 0. The fraction of sp³-hybridized carbons (Fsp3) is 0.700. The van der Waals surface area contributed by atoms with E-state index < -0.39 is 17.9 Å². The molecule has 6 nitrogen and oxygen atoms in total. The standard InChI is InChI=1S/C10H18N2O4/c1-2-3-4-5-9(14)12-7(10(15)16)6-8(11)13/h7H,2-6H2,1H3,(H2,11,13)(H,12,14)(H,15,16)/t7-/m0/s1. The van der Waals surface area contributed by atoms with Crippen LogP contribution in [0.5, 0.6) is 0 Å². The van der Waals surface area contributed by atoms with Crippen molar-refractivity contribution in [2.75, 3.05) is 0 Å². The summed E-state index contributed by atoms with van der Waals surface area (Å²) in [4.78, 5) is 32.5. The highest BCUT2D eigenvalue weighted by Crippen LogP contribution is 2.00. The molecule has 2 amide bonds. The molecule has 0 aromatic heterocycles. The number of carboxylic acids is 1. The predicted octanol–water partition coefficient (Wildman–Crippen LogP) is 0.0115. The number of hydrogen-bond donors (Lipinski definition) is 3. The van der Waals surface area contributed by atoms with Gasteiger partial charge in [-0.05, 0) is 6.42 Å². The highest BCUT2D eigenvalue weighted by Gasteiger charge is 2.21. The minimum atomic E-state index is -1.25. The molecule has 16 heavy (non-hydrogen) atoms. The number of carbonyl (C=O) groups is 3.